The summed E-state index contributed by atoms with van der Waals surface area (Å²) in [5.41, 5.74) is 5.10. The van der Waals surface area contributed by atoms with E-state index in [1.807, 2.05) is 10.9 Å². The van der Waals surface area contributed by atoms with Crippen molar-refractivity contribution in [2.45, 2.75) is 46.8 Å². The van der Waals surface area contributed by atoms with Gasteiger partial charge in [-0.15, -0.1) is 0 Å². The maximum Gasteiger partial charge on any atom is 0.0568 e. The van der Waals surface area contributed by atoms with Gasteiger partial charge >= 0.3 is 0 Å². The molecule has 2 aromatic rings. The lowest BCUT2D eigenvalue weighted by molar-refractivity contribution is 0.589. The monoisotopic (exact) mass is 257 g/mol. The lowest BCUT2D eigenvalue weighted by atomic mass is 10.0. The van der Waals surface area contributed by atoms with Crippen molar-refractivity contribution < 1.29 is 0 Å². The number of hydrogen-bond donors (Lipinski definition) is 1. The van der Waals surface area contributed by atoms with Gasteiger partial charge in [-0.1, -0.05) is 32.0 Å². The van der Waals surface area contributed by atoms with Gasteiger partial charge in [0, 0.05) is 30.9 Å². The highest BCUT2D eigenvalue weighted by atomic mass is 15.3. The Balaban J connectivity index is 2.19. The third-order valence-electron chi connectivity index (χ3n) is 3.27. The average molecular weight is 257 g/mol. The van der Waals surface area contributed by atoms with E-state index in [0.29, 0.717) is 6.04 Å². The Hall–Kier alpha value is -1.61. The van der Waals surface area contributed by atoms with Crippen LogP contribution < -0.4 is 5.32 Å². The molecule has 2 rings (SSSR count). The van der Waals surface area contributed by atoms with E-state index in [1.54, 1.807) is 0 Å². The largest absolute Gasteiger partial charge is 0.310 e. The third-order valence-corrected chi connectivity index (χ3v) is 3.27. The van der Waals surface area contributed by atoms with E-state index in [1.165, 1.54) is 22.3 Å². The lowest BCUT2D eigenvalue weighted by Crippen LogP contribution is -2.21. The van der Waals surface area contributed by atoms with Gasteiger partial charge in [0.25, 0.3) is 0 Å². The lowest BCUT2D eigenvalue weighted by Gasteiger charge is -2.10. The Bertz CT molecular complexity index is 541. The number of benzene rings is 1. The van der Waals surface area contributed by atoms with Crippen LogP contribution in [0.1, 0.15) is 31.9 Å². The van der Waals surface area contributed by atoms with Crippen molar-refractivity contribution >= 4 is 0 Å². The summed E-state index contributed by atoms with van der Waals surface area (Å²) in [4.78, 5) is 0. The van der Waals surface area contributed by atoms with Crippen molar-refractivity contribution in [2.24, 2.45) is 0 Å². The normalized spacial score (nSPS) is 11.2. The van der Waals surface area contributed by atoms with Gasteiger partial charge in [0.15, 0.2) is 0 Å². The zero-order valence-electron chi connectivity index (χ0n) is 12.3. The minimum Gasteiger partial charge on any atom is -0.310 e. The molecule has 0 radical (unpaired) electrons. The van der Waals surface area contributed by atoms with Gasteiger partial charge in [0.05, 0.1) is 6.20 Å². The summed E-state index contributed by atoms with van der Waals surface area (Å²) in [6, 6.07) is 7.17. The molecular weight excluding hydrogens is 234 g/mol. The van der Waals surface area contributed by atoms with Gasteiger partial charge in [-0.3, -0.25) is 4.68 Å². The molecule has 0 fully saturated rings. The van der Waals surface area contributed by atoms with Crippen LogP contribution in [-0.2, 0) is 13.1 Å². The first-order chi connectivity index (χ1) is 9.10. The van der Waals surface area contributed by atoms with Gasteiger partial charge in [0.2, 0.25) is 0 Å². The van der Waals surface area contributed by atoms with E-state index in [9.17, 15) is 0 Å². The Morgan fingerprint density at radius 1 is 1.32 bits per heavy atom. The van der Waals surface area contributed by atoms with E-state index < -0.39 is 0 Å². The molecule has 1 aromatic heterocycles. The molecular formula is C16H23N3. The molecule has 0 aliphatic heterocycles. The number of aryl methyl sites for hydroxylation is 2. The number of nitrogens with one attached hydrogen (secondary N) is 1. The van der Waals surface area contributed by atoms with Crippen LogP contribution in [0.2, 0.25) is 0 Å². The molecule has 0 aliphatic rings. The fourth-order valence-electron chi connectivity index (χ4n) is 2.16. The summed E-state index contributed by atoms with van der Waals surface area (Å²) in [6.07, 6.45) is 4.05. The zero-order chi connectivity index (χ0) is 13.8. The maximum atomic E-state index is 4.34. The Labute approximate surface area is 115 Å². The smallest absolute Gasteiger partial charge is 0.0568 e. The van der Waals surface area contributed by atoms with E-state index in [2.05, 4.69) is 62.5 Å². The summed E-state index contributed by atoms with van der Waals surface area (Å²) in [5.74, 6) is 0. The van der Waals surface area contributed by atoms with E-state index >= 15 is 0 Å². The molecule has 1 aromatic carbocycles. The molecule has 0 atom stereocenters. The Morgan fingerprint density at radius 3 is 2.68 bits per heavy atom. The quantitative estimate of drug-likeness (QED) is 0.890. The highest BCUT2D eigenvalue weighted by Gasteiger charge is 2.05. The molecule has 0 amide bonds. The predicted molar refractivity (Wildman–Crippen MR) is 80.0 cm³/mol. The number of rotatable bonds is 5. The second-order valence-corrected chi connectivity index (χ2v) is 5.27. The zero-order valence-corrected chi connectivity index (χ0v) is 12.3. The van der Waals surface area contributed by atoms with Gasteiger partial charge in [-0.05, 0) is 30.5 Å². The van der Waals surface area contributed by atoms with Crippen molar-refractivity contribution in [1.29, 1.82) is 0 Å². The van der Waals surface area contributed by atoms with Crippen molar-refractivity contribution in [3.8, 4) is 11.1 Å². The molecule has 3 heteroatoms. The first kappa shape index (κ1) is 13.8. The summed E-state index contributed by atoms with van der Waals surface area (Å²) in [5, 5.41) is 7.78. The molecule has 19 heavy (non-hydrogen) atoms. The molecule has 0 bridgehead atoms. The molecule has 1 heterocycles. The Kier molecular flexibility index (Phi) is 4.38. The van der Waals surface area contributed by atoms with Crippen LogP contribution >= 0.6 is 0 Å². The van der Waals surface area contributed by atoms with Crippen LogP contribution in [0.5, 0.6) is 0 Å². The van der Waals surface area contributed by atoms with Crippen LogP contribution in [0.4, 0.5) is 0 Å². The molecule has 0 aliphatic carbocycles. The van der Waals surface area contributed by atoms with Gasteiger partial charge in [-0.2, -0.15) is 5.10 Å². The van der Waals surface area contributed by atoms with Crippen molar-refractivity contribution in [3.63, 3.8) is 0 Å². The molecule has 102 valence electrons. The van der Waals surface area contributed by atoms with E-state index in [-0.39, 0.29) is 0 Å². The van der Waals surface area contributed by atoms with Crippen molar-refractivity contribution in [1.82, 2.24) is 15.1 Å². The fourth-order valence-corrected chi connectivity index (χ4v) is 2.16. The SMILES string of the molecule is CCn1cc(-c2ccc(CNC(C)C)cc2C)cn1. The molecule has 3 nitrogen and oxygen atoms in total. The minimum absolute atomic E-state index is 0.516. The molecule has 0 spiro atoms. The van der Waals surface area contributed by atoms with Gasteiger partial charge in [0.1, 0.15) is 0 Å². The minimum atomic E-state index is 0.516. The molecule has 0 unspecified atom stereocenters. The Morgan fingerprint density at radius 2 is 2.11 bits per heavy atom. The van der Waals surface area contributed by atoms with E-state index in [0.717, 1.165) is 13.1 Å². The number of hydrogen-bond acceptors (Lipinski definition) is 2. The topological polar surface area (TPSA) is 29.9 Å². The predicted octanol–water partition coefficient (Wildman–Crippen LogP) is 3.38. The van der Waals surface area contributed by atoms with E-state index in [4.69, 9.17) is 0 Å². The average Bonchev–Trinajstić information content (AvgIpc) is 2.85. The molecule has 0 saturated carbocycles. The number of aromatic nitrogens is 2. The van der Waals surface area contributed by atoms with Gasteiger partial charge in [-0.25, -0.2) is 0 Å². The first-order valence-corrected chi connectivity index (χ1v) is 6.96. The summed E-state index contributed by atoms with van der Waals surface area (Å²) in [6.45, 7) is 10.4. The molecule has 0 saturated heterocycles. The van der Waals surface area contributed by atoms with Crippen molar-refractivity contribution in [3.05, 3.63) is 41.7 Å². The third kappa shape index (κ3) is 3.44. The van der Waals surface area contributed by atoms with Crippen LogP contribution in [-0.4, -0.2) is 15.8 Å². The van der Waals surface area contributed by atoms with Gasteiger partial charge < -0.3 is 5.32 Å². The highest BCUT2D eigenvalue weighted by Crippen LogP contribution is 2.23. The van der Waals surface area contributed by atoms with Crippen LogP contribution in [0.25, 0.3) is 11.1 Å². The first-order valence-electron chi connectivity index (χ1n) is 6.96. The summed E-state index contributed by atoms with van der Waals surface area (Å²) < 4.78 is 1.96. The standard InChI is InChI=1S/C16H23N3/c1-5-19-11-15(10-18-19)16-7-6-14(8-13(16)4)9-17-12(2)3/h6-8,10-12,17H,5,9H2,1-4H3. The second-order valence-electron chi connectivity index (χ2n) is 5.27. The molecule has 1 N–H and O–H groups in total. The van der Waals surface area contributed by atoms with Crippen LogP contribution in [0, 0.1) is 6.92 Å². The van der Waals surface area contributed by atoms with Crippen molar-refractivity contribution in [2.75, 3.05) is 0 Å². The number of nitrogens with zero attached hydrogens (tertiary/aromatic N) is 2. The summed E-state index contributed by atoms with van der Waals surface area (Å²) in [7, 11) is 0. The summed E-state index contributed by atoms with van der Waals surface area (Å²) >= 11 is 0. The van der Waals surface area contributed by atoms with Crippen LogP contribution in [0.15, 0.2) is 30.6 Å². The van der Waals surface area contributed by atoms with Crippen LogP contribution in [0.3, 0.4) is 0 Å². The highest BCUT2D eigenvalue weighted by molar-refractivity contribution is 5.66. The maximum absolute atomic E-state index is 4.34. The second kappa shape index (κ2) is 6.02. The fraction of sp³-hybridized carbons (Fsp3) is 0.438.